The molecule has 2 N–H and O–H groups in total. The molecule has 0 unspecified atom stereocenters. The summed E-state index contributed by atoms with van der Waals surface area (Å²) in [5.74, 6) is 0.982. The van der Waals surface area contributed by atoms with E-state index < -0.39 is 0 Å². The molecule has 0 aliphatic rings. The minimum absolute atomic E-state index is 0.588. The molecule has 0 radical (unpaired) electrons. The standard InChI is InChI=1S/C14H18N2O/c1-11-13(7-8-17-11)10-16(2)14-5-3-12(9-15)4-6-14/h3-8H,9-10,15H2,1-2H3. The average molecular weight is 230 g/mol. The molecular weight excluding hydrogens is 212 g/mol. The van der Waals surface area contributed by atoms with Gasteiger partial charge in [-0.25, -0.2) is 0 Å². The van der Waals surface area contributed by atoms with Gasteiger partial charge in [0.2, 0.25) is 0 Å². The Morgan fingerprint density at radius 2 is 1.88 bits per heavy atom. The molecule has 0 aliphatic carbocycles. The Bertz CT molecular complexity index is 473. The third-order valence-corrected chi connectivity index (χ3v) is 2.99. The van der Waals surface area contributed by atoms with Crippen LogP contribution in [0.2, 0.25) is 0 Å². The van der Waals surface area contributed by atoms with Gasteiger partial charge >= 0.3 is 0 Å². The number of hydrogen-bond donors (Lipinski definition) is 1. The van der Waals surface area contributed by atoms with Gasteiger partial charge in [-0.1, -0.05) is 12.1 Å². The van der Waals surface area contributed by atoms with Gasteiger partial charge in [-0.3, -0.25) is 0 Å². The van der Waals surface area contributed by atoms with Crippen LogP contribution in [-0.4, -0.2) is 7.05 Å². The van der Waals surface area contributed by atoms with Crippen molar-refractivity contribution in [2.24, 2.45) is 5.73 Å². The molecule has 3 nitrogen and oxygen atoms in total. The number of benzene rings is 1. The van der Waals surface area contributed by atoms with Crippen molar-refractivity contribution in [2.75, 3.05) is 11.9 Å². The van der Waals surface area contributed by atoms with Gasteiger partial charge in [0.05, 0.1) is 6.26 Å². The first-order chi connectivity index (χ1) is 8.20. The van der Waals surface area contributed by atoms with Crippen LogP contribution < -0.4 is 10.6 Å². The molecule has 1 aromatic carbocycles. The van der Waals surface area contributed by atoms with Gasteiger partial charge in [0.15, 0.2) is 0 Å². The number of rotatable bonds is 4. The number of nitrogens with two attached hydrogens (primary N) is 1. The van der Waals surface area contributed by atoms with Gasteiger partial charge in [-0.15, -0.1) is 0 Å². The van der Waals surface area contributed by atoms with Gasteiger partial charge < -0.3 is 15.1 Å². The molecule has 0 amide bonds. The molecule has 0 fully saturated rings. The van der Waals surface area contributed by atoms with Crippen molar-refractivity contribution < 1.29 is 4.42 Å². The van der Waals surface area contributed by atoms with Crippen LogP contribution in [0.1, 0.15) is 16.9 Å². The van der Waals surface area contributed by atoms with E-state index in [0.29, 0.717) is 6.54 Å². The number of furan rings is 1. The van der Waals surface area contributed by atoms with E-state index in [0.717, 1.165) is 17.9 Å². The van der Waals surface area contributed by atoms with Crippen molar-refractivity contribution in [3.63, 3.8) is 0 Å². The summed E-state index contributed by atoms with van der Waals surface area (Å²) < 4.78 is 5.29. The number of nitrogens with zero attached hydrogens (tertiary/aromatic N) is 1. The second kappa shape index (κ2) is 5.06. The van der Waals surface area contributed by atoms with Crippen LogP contribution >= 0.6 is 0 Å². The highest BCUT2D eigenvalue weighted by Crippen LogP contribution is 2.18. The van der Waals surface area contributed by atoms with Gasteiger partial charge in [0, 0.05) is 31.4 Å². The summed E-state index contributed by atoms with van der Waals surface area (Å²) in [6.45, 7) is 3.43. The van der Waals surface area contributed by atoms with Crippen LogP contribution in [0.5, 0.6) is 0 Å². The van der Waals surface area contributed by atoms with Crippen LogP contribution in [0, 0.1) is 6.92 Å². The lowest BCUT2D eigenvalue weighted by Gasteiger charge is -2.19. The quantitative estimate of drug-likeness (QED) is 0.878. The molecule has 0 saturated heterocycles. The van der Waals surface area contributed by atoms with Gasteiger partial charge in [0.1, 0.15) is 5.76 Å². The van der Waals surface area contributed by atoms with Crippen LogP contribution in [0.4, 0.5) is 5.69 Å². The van der Waals surface area contributed by atoms with Crippen molar-refractivity contribution in [3.8, 4) is 0 Å². The van der Waals surface area contributed by atoms with Crippen molar-refractivity contribution in [2.45, 2.75) is 20.0 Å². The zero-order valence-electron chi connectivity index (χ0n) is 10.3. The Hall–Kier alpha value is -1.74. The minimum Gasteiger partial charge on any atom is -0.469 e. The lowest BCUT2D eigenvalue weighted by atomic mass is 10.2. The van der Waals surface area contributed by atoms with Gasteiger partial charge in [-0.2, -0.15) is 0 Å². The van der Waals surface area contributed by atoms with E-state index in [2.05, 4.69) is 36.2 Å². The highest BCUT2D eigenvalue weighted by atomic mass is 16.3. The molecule has 2 rings (SSSR count). The second-order valence-electron chi connectivity index (χ2n) is 4.23. The predicted molar refractivity (Wildman–Crippen MR) is 69.9 cm³/mol. The first-order valence-corrected chi connectivity index (χ1v) is 5.74. The molecule has 0 atom stereocenters. The molecule has 0 aliphatic heterocycles. The summed E-state index contributed by atoms with van der Waals surface area (Å²) in [4.78, 5) is 2.19. The molecule has 90 valence electrons. The molecule has 0 bridgehead atoms. The van der Waals surface area contributed by atoms with E-state index in [9.17, 15) is 0 Å². The molecule has 0 spiro atoms. The Morgan fingerprint density at radius 3 is 2.41 bits per heavy atom. The van der Waals surface area contributed by atoms with Crippen LogP contribution in [-0.2, 0) is 13.1 Å². The van der Waals surface area contributed by atoms with Gasteiger partial charge in [-0.05, 0) is 30.7 Å². The zero-order chi connectivity index (χ0) is 12.3. The molecule has 0 saturated carbocycles. The SMILES string of the molecule is Cc1occc1CN(C)c1ccc(CN)cc1. The fraction of sp³-hybridized carbons (Fsp3) is 0.286. The van der Waals surface area contributed by atoms with Crippen LogP contribution in [0.25, 0.3) is 0 Å². The van der Waals surface area contributed by atoms with Crippen LogP contribution in [0.3, 0.4) is 0 Å². The normalized spacial score (nSPS) is 10.5. The molecule has 17 heavy (non-hydrogen) atoms. The Kier molecular flexibility index (Phi) is 3.49. The summed E-state index contributed by atoms with van der Waals surface area (Å²) in [7, 11) is 2.07. The summed E-state index contributed by atoms with van der Waals surface area (Å²) in [5, 5.41) is 0. The highest BCUT2D eigenvalue weighted by Gasteiger charge is 2.06. The third-order valence-electron chi connectivity index (χ3n) is 2.99. The topological polar surface area (TPSA) is 42.4 Å². The lowest BCUT2D eigenvalue weighted by molar-refractivity contribution is 0.529. The monoisotopic (exact) mass is 230 g/mol. The van der Waals surface area contributed by atoms with Crippen molar-refractivity contribution in [1.29, 1.82) is 0 Å². The molecule has 1 aromatic heterocycles. The number of anilines is 1. The molecular formula is C14H18N2O. The van der Waals surface area contributed by atoms with Gasteiger partial charge in [0.25, 0.3) is 0 Å². The highest BCUT2D eigenvalue weighted by molar-refractivity contribution is 5.47. The fourth-order valence-corrected chi connectivity index (χ4v) is 1.81. The second-order valence-corrected chi connectivity index (χ2v) is 4.23. The van der Waals surface area contributed by atoms with E-state index in [-0.39, 0.29) is 0 Å². The summed E-state index contributed by atoms with van der Waals surface area (Å²) >= 11 is 0. The van der Waals surface area contributed by atoms with E-state index >= 15 is 0 Å². The largest absolute Gasteiger partial charge is 0.469 e. The smallest absolute Gasteiger partial charge is 0.105 e. The summed E-state index contributed by atoms with van der Waals surface area (Å²) in [5.41, 5.74) is 9.13. The van der Waals surface area contributed by atoms with E-state index in [1.165, 1.54) is 11.3 Å². The summed E-state index contributed by atoms with van der Waals surface area (Å²) in [6.07, 6.45) is 1.73. The first-order valence-electron chi connectivity index (χ1n) is 5.74. The Morgan fingerprint density at radius 1 is 1.18 bits per heavy atom. The first kappa shape index (κ1) is 11.7. The fourth-order valence-electron chi connectivity index (χ4n) is 1.81. The van der Waals surface area contributed by atoms with E-state index in [1.807, 2.05) is 13.0 Å². The maximum absolute atomic E-state index is 5.58. The zero-order valence-corrected chi connectivity index (χ0v) is 10.3. The average Bonchev–Trinajstić information content (AvgIpc) is 2.75. The maximum Gasteiger partial charge on any atom is 0.105 e. The van der Waals surface area contributed by atoms with Crippen LogP contribution in [0.15, 0.2) is 41.0 Å². The minimum atomic E-state index is 0.588. The molecule has 3 heteroatoms. The third kappa shape index (κ3) is 2.68. The summed E-state index contributed by atoms with van der Waals surface area (Å²) in [6, 6.07) is 10.3. The Balaban J connectivity index is 2.09. The van der Waals surface area contributed by atoms with E-state index in [4.69, 9.17) is 10.2 Å². The Labute approximate surface area is 102 Å². The van der Waals surface area contributed by atoms with Crippen molar-refractivity contribution >= 4 is 5.69 Å². The maximum atomic E-state index is 5.58. The molecule has 1 heterocycles. The van der Waals surface area contributed by atoms with Crippen molar-refractivity contribution in [3.05, 3.63) is 53.5 Å². The number of hydrogen-bond acceptors (Lipinski definition) is 3. The van der Waals surface area contributed by atoms with Crippen molar-refractivity contribution in [1.82, 2.24) is 0 Å². The van der Waals surface area contributed by atoms with E-state index in [1.54, 1.807) is 6.26 Å². The predicted octanol–water partition coefficient (Wildman–Crippen LogP) is 2.68. The molecule has 2 aromatic rings. The number of aryl methyl sites for hydroxylation is 1. The lowest BCUT2D eigenvalue weighted by Crippen LogP contribution is -2.16.